The van der Waals surface area contributed by atoms with E-state index in [1.54, 1.807) is 25.3 Å². The molecule has 0 unspecified atom stereocenters. The van der Waals surface area contributed by atoms with E-state index in [4.69, 9.17) is 24.4 Å². The molecule has 8 nitrogen and oxygen atoms in total. The number of methoxy groups -OCH3 is 1. The molecule has 0 bridgehead atoms. The van der Waals surface area contributed by atoms with Crippen LogP contribution in [0.15, 0.2) is 35.3 Å². The Morgan fingerprint density at radius 1 is 1.06 bits per heavy atom. The number of halogens is 1. The summed E-state index contributed by atoms with van der Waals surface area (Å²) in [6, 6.07) is 7.02. The monoisotopic (exact) mass is 667 g/mol. The lowest BCUT2D eigenvalue weighted by Crippen LogP contribution is -2.45. The van der Waals surface area contributed by atoms with E-state index >= 15 is 4.39 Å². The Balaban J connectivity index is 1.44. The van der Waals surface area contributed by atoms with Gasteiger partial charge in [-0.25, -0.2) is 4.39 Å². The number of aromatic hydroxyl groups is 1. The number of ether oxygens (including phenoxy) is 2. The van der Waals surface area contributed by atoms with Gasteiger partial charge >= 0.3 is 6.01 Å². The number of phenolic OH excluding ortho intramolecular Hbond substituents is 1. The molecule has 0 atom stereocenters. The van der Waals surface area contributed by atoms with Crippen LogP contribution < -0.4 is 9.64 Å². The Labute approximate surface area is 289 Å². The van der Waals surface area contributed by atoms with Crippen molar-refractivity contribution in [2.75, 3.05) is 44.8 Å². The van der Waals surface area contributed by atoms with Crippen molar-refractivity contribution < 1.29 is 19.0 Å². The number of hydrogen-bond donors (Lipinski definition) is 1. The zero-order valence-electron chi connectivity index (χ0n) is 29.9. The molecule has 1 aliphatic carbocycles. The second-order valence-corrected chi connectivity index (χ2v) is 14.7. The molecule has 0 amide bonds. The Bertz CT molecular complexity index is 1850. The highest BCUT2D eigenvalue weighted by Crippen LogP contribution is 2.45. The number of hydrogen-bond acceptors (Lipinski definition) is 8. The SMILES string of the molecule is C/C=C1\C(=NC(C)C)C(c2cc(O)cc3ccc(F)c(CC)c23)=Cc2nc(OCC34CCCN3CCC4)nc(N3CCC(C)(OC)CC3)c21. The van der Waals surface area contributed by atoms with Crippen LogP contribution in [0.5, 0.6) is 11.8 Å². The van der Waals surface area contributed by atoms with Crippen molar-refractivity contribution in [1.82, 2.24) is 14.9 Å². The second-order valence-electron chi connectivity index (χ2n) is 14.7. The van der Waals surface area contributed by atoms with Crippen molar-refractivity contribution in [1.29, 1.82) is 0 Å². The Morgan fingerprint density at radius 3 is 2.45 bits per heavy atom. The largest absolute Gasteiger partial charge is 0.508 e. The Morgan fingerprint density at radius 2 is 1.80 bits per heavy atom. The summed E-state index contributed by atoms with van der Waals surface area (Å²) >= 11 is 0. The fraction of sp³-hybridized carbons (Fsp3) is 0.525. The van der Waals surface area contributed by atoms with Crippen molar-refractivity contribution in [3.63, 3.8) is 0 Å². The van der Waals surface area contributed by atoms with Gasteiger partial charge in [-0.05, 0) is 132 Å². The lowest BCUT2D eigenvalue weighted by molar-refractivity contribution is -0.0133. The molecule has 1 N–H and O–H groups in total. The molecular weight excluding hydrogens is 617 g/mol. The van der Waals surface area contributed by atoms with Gasteiger partial charge in [-0.2, -0.15) is 9.97 Å². The van der Waals surface area contributed by atoms with E-state index in [1.165, 1.54) is 18.9 Å². The van der Waals surface area contributed by atoms with E-state index in [9.17, 15) is 5.11 Å². The molecule has 2 aromatic carbocycles. The van der Waals surface area contributed by atoms with E-state index in [1.807, 2.05) is 13.8 Å². The second kappa shape index (κ2) is 13.1. The number of piperidine rings is 1. The van der Waals surface area contributed by atoms with Gasteiger partial charge in [0.2, 0.25) is 0 Å². The van der Waals surface area contributed by atoms with Gasteiger partial charge in [0, 0.05) is 37.4 Å². The topological polar surface area (TPSA) is 83.3 Å². The molecule has 0 spiro atoms. The number of allylic oxidation sites excluding steroid dienone is 3. The molecular formula is C40H50FN5O3. The minimum atomic E-state index is -0.256. The van der Waals surface area contributed by atoms with E-state index in [2.05, 4.69) is 42.7 Å². The summed E-state index contributed by atoms with van der Waals surface area (Å²) in [7, 11) is 1.79. The molecule has 7 rings (SSSR count). The van der Waals surface area contributed by atoms with E-state index in [0.717, 1.165) is 102 Å². The van der Waals surface area contributed by atoms with E-state index in [-0.39, 0.29) is 28.7 Å². The molecule has 3 fully saturated rings. The highest BCUT2D eigenvalue weighted by Gasteiger charge is 2.45. The molecule has 4 heterocycles. The summed E-state index contributed by atoms with van der Waals surface area (Å²) in [4.78, 5) is 20.4. The third-order valence-electron chi connectivity index (χ3n) is 11.3. The number of fused-ring (bicyclic) bond motifs is 3. The minimum absolute atomic E-state index is 0.0229. The molecule has 3 aromatic rings. The zero-order chi connectivity index (χ0) is 34.5. The summed E-state index contributed by atoms with van der Waals surface area (Å²) in [5.41, 5.74) is 5.39. The summed E-state index contributed by atoms with van der Waals surface area (Å²) in [5, 5.41) is 12.6. The summed E-state index contributed by atoms with van der Waals surface area (Å²) in [5.74, 6) is 0.701. The van der Waals surface area contributed by atoms with Crippen LogP contribution in [-0.4, -0.2) is 82.8 Å². The van der Waals surface area contributed by atoms with Crippen LogP contribution in [0.1, 0.15) is 95.5 Å². The third-order valence-corrected chi connectivity index (χ3v) is 11.3. The van der Waals surface area contributed by atoms with Gasteiger partial charge < -0.3 is 19.5 Å². The van der Waals surface area contributed by atoms with E-state index < -0.39 is 0 Å². The molecule has 0 saturated carbocycles. The maximum Gasteiger partial charge on any atom is 0.319 e. The van der Waals surface area contributed by atoms with Crippen LogP contribution in [0.3, 0.4) is 0 Å². The van der Waals surface area contributed by atoms with Crippen LogP contribution in [0, 0.1) is 5.82 Å². The van der Waals surface area contributed by atoms with Gasteiger partial charge in [-0.1, -0.05) is 19.1 Å². The predicted octanol–water partition coefficient (Wildman–Crippen LogP) is 7.86. The fourth-order valence-corrected chi connectivity index (χ4v) is 8.57. The van der Waals surface area contributed by atoms with Crippen LogP contribution in [-0.2, 0) is 11.2 Å². The normalized spacial score (nSPS) is 21.9. The first-order valence-corrected chi connectivity index (χ1v) is 18.1. The lowest BCUT2D eigenvalue weighted by atomic mass is 9.82. The zero-order valence-corrected chi connectivity index (χ0v) is 29.9. The van der Waals surface area contributed by atoms with Crippen LogP contribution in [0.4, 0.5) is 10.2 Å². The van der Waals surface area contributed by atoms with Crippen molar-refractivity contribution in [2.45, 2.75) is 96.7 Å². The number of aliphatic imine (C=N–C) groups is 1. The molecule has 260 valence electrons. The average molecular weight is 668 g/mol. The number of rotatable bonds is 8. The van der Waals surface area contributed by atoms with Gasteiger partial charge in [-0.3, -0.25) is 9.89 Å². The highest BCUT2D eigenvalue weighted by molar-refractivity contribution is 6.50. The van der Waals surface area contributed by atoms with E-state index in [0.29, 0.717) is 24.6 Å². The average Bonchev–Trinajstić information content (AvgIpc) is 3.67. The van der Waals surface area contributed by atoms with Gasteiger partial charge in [0.25, 0.3) is 0 Å². The molecule has 4 aliphatic rings. The van der Waals surface area contributed by atoms with Crippen molar-refractivity contribution in [2.24, 2.45) is 4.99 Å². The number of aryl methyl sites for hydroxylation is 1. The fourth-order valence-electron chi connectivity index (χ4n) is 8.57. The van der Waals surface area contributed by atoms with Crippen molar-refractivity contribution in [3.8, 4) is 11.8 Å². The summed E-state index contributed by atoms with van der Waals surface area (Å²) in [6.07, 6.45) is 11.0. The lowest BCUT2D eigenvalue weighted by Gasteiger charge is -2.40. The first-order valence-electron chi connectivity index (χ1n) is 18.1. The van der Waals surface area contributed by atoms with Crippen LogP contribution in [0.25, 0.3) is 28.0 Å². The molecule has 0 radical (unpaired) electrons. The number of anilines is 1. The molecule has 9 heteroatoms. The van der Waals surface area contributed by atoms with Crippen LogP contribution in [0.2, 0.25) is 0 Å². The third kappa shape index (κ3) is 6.03. The first-order chi connectivity index (χ1) is 23.6. The Hall–Kier alpha value is -3.82. The minimum Gasteiger partial charge on any atom is -0.508 e. The van der Waals surface area contributed by atoms with Crippen molar-refractivity contribution in [3.05, 3.63) is 58.5 Å². The van der Waals surface area contributed by atoms with Crippen LogP contribution >= 0.6 is 0 Å². The standard InChI is InChI=1S/C40H50FN5O3/c1-7-28-32(41)12-11-26-21-27(47)22-30(34(26)28)31-23-33-35(29(8-2)36(31)42-25(3)4)37(45-19-15-39(5,48-6)16-20-45)44-38(43-33)49-24-40-13-9-17-46(40)18-10-14-40/h8,11-12,21-23,25,47H,7,9-10,13-20,24H2,1-6H3/b29-8-,42-36?. The molecule has 3 aliphatic heterocycles. The van der Waals surface area contributed by atoms with Crippen molar-refractivity contribution >= 4 is 39.5 Å². The maximum absolute atomic E-state index is 15.4. The number of aromatic nitrogens is 2. The summed E-state index contributed by atoms with van der Waals surface area (Å²) < 4.78 is 27.9. The van der Waals surface area contributed by atoms with Gasteiger partial charge in [-0.15, -0.1) is 0 Å². The van der Waals surface area contributed by atoms with Gasteiger partial charge in [0.05, 0.1) is 28.1 Å². The summed E-state index contributed by atoms with van der Waals surface area (Å²) in [6.45, 7) is 14.7. The number of benzene rings is 2. The number of phenols is 1. The first kappa shape index (κ1) is 33.7. The van der Waals surface area contributed by atoms with Gasteiger partial charge in [0.15, 0.2) is 0 Å². The smallest absolute Gasteiger partial charge is 0.319 e. The Kier molecular flexibility index (Phi) is 9.03. The highest BCUT2D eigenvalue weighted by atomic mass is 19.1. The number of nitrogens with zero attached hydrogens (tertiary/aromatic N) is 5. The quantitative estimate of drug-likeness (QED) is 0.262. The molecule has 3 saturated heterocycles. The molecule has 1 aromatic heterocycles. The molecule has 49 heavy (non-hydrogen) atoms. The van der Waals surface area contributed by atoms with Gasteiger partial charge in [0.1, 0.15) is 24.0 Å². The predicted molar refractivity (Wildman–Crippen MR) is 196 cm³/mol. The maximum atomic E-state index is 15.4.